The smallest absolute Gasteiger partial charge is 0.315 e. The lowest BCUT2D eigenvalue weighted by molar-refractivity contribution is -0.143. The van der Waals surface area contributed by atoms with E-state index in [4.69, 9.17) is 0 Å². The van der Waals surface area contributed by atoms with Crippen molar-refractivity contribution < 1.29 is 24.0 Å². The average Bonchev–Trinajstić information content (AvgIpc) is 3.47. The van der Waals surface area contributed by atoms with E-state index in [2.05, 4.69) is 27.8 Å². The van der Waals surface area contributed by atoms with Gasteiger partial charge >= 0.3 is 6.03 Å². The summed E-state index contributed by atoms with van der Waals surface area (Å²) in [5.41, 5.74) is -0.888. The third-order valence-electron chi connectivity index (χ3n) is 8.51. The zero-order chi connectivity index (χ0) is 34.0. The predicted octanol–water partition coefficient (Wildman–Crippen LogP) is 2.42. The number of rotatable bonds is 15. The van der Waals surface area contributed by atoms with Crippen LogP contribution in [0.2, 0.25) is 0 Å². The number of ketones is 1. The summed E-state index contributed by atoms with van der Waals surface area (Å²) in [6.07, 6.45) is 7.31. The molecule has 5 amide bonds. The molecule has 4 atom stereocenters. The van der Waals surface area contributed by atoms with Crippen molar-refractivity contribution in [3.8, 4) is 0 Å². The maximum Gasteiger partial charge on any atom is 0.315 e. The Balaban J connectivity index is 1.72. The highest BCUT2D eigenvalue weighted by molar-refractivity contribution is 8.00. The van der Waals surface area contributed by atoms with E-state index in [0.29, 0.717) is 31.1 Å². The molecule has 1 aliphatic carbocycles. The summed E-state index contributed by atoms with van der Waals surface area (Å²) in [6, 6.07) is 2.09. The molecule has 1 unspecified atom stereocenters. The second kappa shape index (κ2) is 16.8. The van der Waals surface area contributed by atoms with Crippen LogP contribution in [0, 0.1) is 17.3 Å². The van der Waals surface area contributed by atoms with Gasteiger partial charge < -0.3 is 30.7 Å². The number of carbonyl (C=O) groups is 5. The zero-order valence-electron chi connectivity index (χ0n) is 27.7. The zero-order valence-corrected chi connectivity index (χ0v) is 28.5. The van der Waals surface area contributed by atoms with E-state index in [1.54, 1.807) is 18.3 Å². The van der Waals surface area contributed by atoms with Gasteiger partial charge in [-0.3, -0.25) is 24.0 Å². The van der Waals surface area contributed by atoms with Gasteiger partial charge in [-0.25, -0.2) is 4.79 Å². The first-order valence-electron chi connectivity index (χ1n) is 16.1. The lowest BCUT2D eigenvalue weighted by atomic mass is 9.85. The summed E-state index contributed by atoms with van der Waals surface area (Å²) in [7, 11) is 0. The second-order valence-electron chi connectivity index (χ2n) is 13.5. The molecule has 1 saturated heterocycles. The van der Waals surface area contributed by atoms with Crippen molar-refractivity contribution in [3.63, 3.8) is 0 Å². The van der Waals surface area contributed by atoms with Gasteiger partial charge in [0.15, 0.2) is 0 Å². The highest BCUT2D eigenvalue weighted by atomic mass is 32.2. The number of urea groups is 1. The van der Waals surface area contributed by atoms with Gasteiger partial charge in [0.05, 0.1) is 6.04 Å². The number of thioether (sulfide) groups is 1. The van der Waals surface area contributed by atoms with Crippen molar-refractivity contribution in [3.05, 3.63) is 47.4 Å². The Kier molecular flexibility index (Phi) is 13.5. The Bertz CT molecular complexity index is 1320. The Morgan fingerprint density at radius 1 is 1.04 bits per heavy atom. The standard InChI is InChI=1S/C33H50N6O6S/c1-7-16-34-29(43)26(41)30(46-20-22-12-10-13-22)37-28(42)24-14-11-18-39(24)31(44)27(33(4,5)6)36-32(45)35-23(21(2)3)19-38-17-9-8-15-25(38)40/h7-9,15,17,21-24,27,30H,1,10-14,16,18-20H2,2-6H3,(H,34,43)(H,37,42)(H2,35,36,45)/t23-,24+,27-,30?/m1/s1. The van der Waals surface area contributed by atoms with Crippen LogP contribution in [-0.4, -0.2) is 81.3 Å². The molecule has 1 aromatic rings. The molecule has 46 heavy (non-hydrogen) atoms. The first-order chi connectivity index (χ1) is 21.7. The Hall–Kier alpha value is -3.61. The van der Waals surface area contributed by atoms with Crippen LogP contribution in [0.25, 0.3) is 0 Å². The number of nitrogens with one attached hydrogen (secondary N) is 4. The molecule has 13 heteroatoms. The van der Waals surface area contributed by atoms with E-state index in [9.17, 15) is 28.8 Å². The van der Waals surface area contributed by atoms with Gasteiger partial charge in [-0.2, -0.15) is 0 Å². The maximum atomic E-state index is 14.0. The van der Waals surface area contributed by atoms with E-state index in [1.165, 1.54) is 33.4 Å². The van der Waals surface area contributed by atoms with E-state index < -0.39 is 58.5 Å². The highest BCUT2D eigenvalue weighted by Crippen LogP contribution is 2.31. The van der Waals surface area contributed by atoms with E-state index in [0.717, 1.165) is 19.3 Å². The number of aromatic nitrogens is 1. The minimum atomic E-state index is -1.08. The highest BCUT2D eigenvalue weighted by Gasteiger charge is 2.43. The lowest BCUT2D eigenvalue weighted by Crippen LogP contribution is -2.60. The molecule has 1 aromatic heterocycles. The summed E-state index contributed by atoms with van der Waals surface area (Å²) in [5.74, 6) is -1.40. The average molecular weight is 659 g/mol. The van der Waals surface area contributed by atoms with Crippen molar-refractivity contribution in [2.45, 2.75) is 96.8 Å². The number of Topliss-reactive ketones (excluding diaryl/α,β-unsaturated/α-hetero) is 1. The molecule has 2 fully saturated rings. The first kappa shape index (κ1) is 36.9. The van der Waals surface area contributed by atoms with Gasteiger partial charge in [0, 0.05) is 31.9 Å². The number of carbonyl (C=O) groups excluding carboxylic acids is 5. The van der Waals surface area contributed by atoms with Gasteiger partial charge in [-0.05, 0) is 54.8 Å². The molecule has 12 nitrogen and oxygen atoms in total. The number of nitrogens with zero attached hydrogens (tertiary/aromatic N) is 2. The van der Waals surface area contributed by atoms with Gasteiger partial charge in [0.2, 0.25) is 11.8 Å². The summed E-state index contributed by atoms with van der Waals surface area (Å²) < 4.78 is 1.52. The van der Waals surface area contributed by atoms with Crippen LogP contribution in [0.3, 0.4) is 0 Å². The summed E-state index contributed by atoms with van der Waals surface area (Å²) >= 11 is 1.24. The van der Waals surface area contributed by atoms with Crippen molar-refractivity contribution in [2.24, 2.45) is 17.3 Å². The monoisotopic (exact) mass is 658 g/mol. The van der Waals surface area contributed by atoms with Crippen molar-refractivity contribution >= 4 is 41.3 Å². The minimum absolute atomic E-state index is 0.00928. The molecule has 2 aliphatic rings. The van der Waals surface area contributed by atoms with Crippen LogP contribution in [0.15, 0.2) is 41.8 Å². The van der Waals surface area contributed by atoms with E-state index >= 15 is 0 Å². The number of hydrogen-bond acceptors (Lipinski definition) is 7. The van der Waals surface area contributed by atoms with Crippen molar-refractivity contribution in [2.75, 3.05) is 18.8 Å². The molecule has 3 rings (SSSR count). The minimum Gasteiger partial charge on any atom is -0.346 e. The Labute approximate surface area is 275 Å². The van der Waals surface area contributed by atoms with Gasteiger partial charge in [-0.1, -0.05) is 53.2 Å². The molecule has 1 saturated carbocycles. The van der Waals surface area contributed by atoms with E-state index in [1.807, 2.05) is 34.6 Å². The molecular weight excluding hydrogens is 608 g/mol. The number of pyridine rings is 1. The SMILES string of the molecule is C=CCNC(=O)C(=O)C(NC(=O)[C@@H]1CCCN1C(=O)[C@@H](NC(=O)N[C@H](Cn1ccccc1=O)C(C)C)C(C)(C)C)SCC1CCC1. The maximum absolute atomic E-state index is 14.0. The fraction of sp³-hybridized carbons (Fsp3) is 0.636. The third-order valence-corrected chi connectivity index (χ3v) is 9.84. The second-order valence-corrected chi connectivity index (χ2v) is 14.7. The molecular formula is C33H50N6O6S. The van der Waals surface area contributed by atoms with E-state index in [-0.39, 0.29) is 24.6 Å². The fourth-order valence-electron chi connectivity index (χ4n) is 5.38. The molecule has 0 spiro atoms. The van der Waals surface area contributed by atoms with Crippen LogP contribution in [0.1, 0.15) is 66.7 Å². The van der Waals surface area contributed by atoms with Gasteiger partial charge in [-0.15, -0.1) is 18.3 Å². The molecule has 0 radical (unpaired) electrons. The number of hydrogen-bond donors (Lipinski definition) is 4. The first-order valence-corrected chi connectivity index (χ1v) is 17.2. The lowest BCUT2D eigenvalue weighted by Gasteiger charge is -2.36. The molecule has 2 heterocycles. The molecule has 254 valence electrons. The van der Waals surface area contributed by atoms with Crippen molar-refractivity contribution in [1.29, 1.82) is 0 Å². The van der Waals surface area contributed by atoms with Crippen LogP contribution in [0.5, 0.6) is 0 Å². The van der Waals surface area contributed by atoms with Gasteiger partial charge in [0.1, 0.15) is 17.5 Å². The van der Waals surface area contributed by atoms with Crippen LogP contribution < -0.4 is 26.8 Å². The summed E-state index contributed by atoms with van der Waals surface area (Å²) in [5, 5.41) is 9.93. The van der Waals surface area contributed by atoms with Crippen molar-refractivity contribution in [1.82, 2.24) is 30.7 Å². The summed E-state index contributed by atoms with van der Waals surface area (Å²) in [6.45, 7) is 13.6. The van der Waals surface area contributed by atoms with Gasteiger partial charge in [0.25, 0.3) is 17.2 Å². The number of amides is 5. The molecule has 0 bridgehead atoms. The van der Waals surface area contributed by atoms with Crippen LogP contribution in [-0.2, 0) is 25.7 Å². The third kappa shape index (κ3) is 10.2. The molecule has 0 aromatic carbocycles. The normalized spacial score (nSPS) is 18.6. The Morgan fingerprint density at radius 3 is 2.35 bits per heavy atom. The quantitative estimate of drug-likeness (QED) is 0.128. The molecule has 4 N–H and O–H groups in total. The molecule has 1 aliphatic heterocycles. The Morgan fingerprint density at radius 2 is 1.76 bits per heavy atom. The topological polar surface area (TPSA) is 159 Å². The number of likely N-dealkylation sites (tertiary alicyclic amines) is 1. The fourth-order valence-corrected chi connectivity index (χ4v) is 6.63. The van der Waals surface area contributed by atoms with Crippen LogP contribution >= 0.6 is 11.8 Å². The summed E-state index contributed by atoms with van der Waals surface area (Å²) in [4.78, 5) is 80.2. The predicted molar refractivity (Wildman–Crippen MR) is 179 cm³/mol. The van der Waals surface area contributed by atoms with Crippen LogP contribution in [0.4, 0.5) is 4.79 Å². The largest absolute Gasteiger partial charge is 0.346 e.